The number of guanidine groups is 1. The van der Waals surface area contributed by atoms with Crippen LogP contribution in [0.2, 0.25) is 0 Å². The van der Waals surface area contributed by atoms with E-state index in [2.05, 4.69) is 34.4 Å². The minimum Gasteiger partial charge on any atom is -0.373 e. The second-order valence-electron chi connectivity index (χ2n) is 5.21. The summed E-state index contributed by atoms with van der Waals surface area (Å²) < 4.78 is 0. The predicted octanol–water partition coefficient (Wildman–Crippen LogP) is 2.45. The first-order valence-corrected chi connectivity index (χ1v) is 7.05. The van der Waals surface area contributed by atoms with Gasteiger partial charge in [0.2, 0.25) is 0 Å². The Balaban J connectivity index is 0.00000200. The number of likely N-dealkylation sites (N-methyl/N-ethyl adjacent to an activating group) is 1. The first kappa shape index (κ1) is 17.1. The fourth-order valence-corrected chi connectivity index (χ4v) is 2.12. The average molecular weight is 388 g/mol. The number of nitrogens with zero attached hydrogens (tertiary/aromatic N) is 2. The van der Waals surface area contributed by atoms with Gasteiger partial charge < -0.3 is 16.0 Å². The highest BCUT2D eigenvalue weighted by Crippen LogP contribution is 2.26. The van der Waals surface area contributed by atoms with Gasteiger partial charge in [-0.05, 0) is 30.9 Å². The molecule has 1 aliphatic carbocycles. The van der Waals surface area contributed by atoms with Gasteiger partial charge in [-0.2, -0.15) is 0 Å². The summed E-state index contributed by atoms with van der Waals surface area (Å²) in [7, 11) is 2.08. The summed E-state index contributed by atoms with van der Waals surface area (Å²) in [6, 6.07) is 10.3. The molecule has 0 aromatic heterocycles. The largest absolute Gasteiger partial charge is 0.373 e. The van der Waals surface area contributed by atoms with Crippen LogP contribution in [0.25, 0.3) is 0 Å². The highest BCUT2D eigenvalue weighted by Gasteiger charge is 2.16. The van der Waals surface area contributed by atoms with E-state index in [-0.39, 0.29) is 24.0 Å². The van der Waals surface area contributed by atoms with Crippen LogP contribution in [0.3, 0.4) is 0 Å². The predicted molar refractivity (Wildman–Crippen MR) is 97.0 cm³/mol. The second-order valence-corrected chi connectivity index (χ2v) is 5.21. The van der Waals surface area contributed by atoms with E-state index in [0.29, 0.717) is 5.96 Å². The Kier molecular flexibility index (Phi) is 7.72. The Hall–Kier alpha value is -0.980. The van der Waals surface area contributed by atoms with Gasteiger partial charge in [0.1, 0.15) is 0 Å². The highest BCUT2D eigenvalue weighted by molar-refractivity contribution is 14.0. The van der Waals surface area contributed by atoms with Crippen LogP contribution in [-0.4, -0.2) is 32.6 Å². The van der Waals surface area contributed by atoms with Crippen molar-refractivity contribution in [3.8, 4) is 0 Å². The molecule has 1 saturated carbocycles. The third-order valence-electron chi connectivity index (χ3n) is 3.69. The molecule has 4 nitrogen and oxygen atoms in total. The SMILES string of the molecule is CN(CCNC(N)=NCC1CCC1)c1ccccc1.I. The van der Waals surface area contributed by atoms with E-state index in [1.807, 2.05) is 18.2 Å². The molecule has 1 aromatic carbocycles. The van der Waals surface area contributed by atoms with E-state index in [9.17, 15) is 0 Å². The van der Waals surface area contributed by atoms with Crippen molar-refractivity contribution < 1.29 is 0 Å². The van der Waals surface area contributed by atoms with Gasteiger partial charge in [-0.1, -0.05) is 24.6 Å². The van der Waals surface area contributed by atoms with Gasteiger partial charge in [-0.3, -0.25) is 4.99 Å². The summed E-state index contributed by atoms with van der Waals surface area (Å²) in [6.07, 6.45) is 3.98. The topological polar surface area (TPSA) is 53.6 Å². The van der Waals surface area contributed by atoms with Crippen molar-refractivity contribution in [3.05, 3.63) is 30.3 Å². The van der Waals surface area contributed by atoms with Gasteiger partial charge in [-0.25, -0.2) is 0 Å². The molecule has 5 heteroatoms. The van der Waals surface area contributed by atoms with Gasteiger partial charge in [0.15, 0.2) is 5.96 Å². The molecule has 2 rings (SSSR count). The Morgan fingerprint density at radius 1 is 1.35 bits per heavy atom. The number of para-hydroxylation sites is 1. The number of halogens is 1. The first-order chi connectivity index (χ1) is 9.25. The monoisotopic (exact) mass is 388 g/mol. The number of aliphatic imine (C=N–C) groups is 1. The zero-order valence-electron chi connectivity index (χ0n) is 12.1. The molecular weight excluding hydrogens is 363 g/mol. The molecular formula is C15H25IN4. The van der Waals surface area contributed by atoms with E-state index in [1.54, 1.807) is 0 Å². The molecule has 1 aliphatic rings. The van der Waals surface area contributed by atoms with Crippen LogP contribution in [0.5, 0.6) is 0 Å². The van der Waals surface area contributed by atoms with Crippen molar-refractivity contribution in [1.29, 1.82) is 0 Å². The molecule has 0 bridgehead atoms. The summed E-state index contributed by atoms with van der Waals surface area (Å²) in [5.74, 6) is 1.35. The number of hydrogen-bond acceptors (Lipinski definition) is 2. The molecule has 112 valence electrons. The molecule has 0 atom stereocenters. The van der Waals surface area contributed by atoms with Crippen LogP contribution in [-0.2, 0) is 0 Å². The van der Waals surface area contributed by atoms with Crippen molar-refractivity contribution >= 4 is 35.6 Å². The maximum atomic E-state index is 5.85. The lowest BCUT2D eigenvalue weighted by molar-refractivity contribution is 0.326. The zero-order valence-corrected chi connectivity index (χ0v) is 14.4. The molecule has 0 radical (unpaired) electrons. The molecule has 0 amide bonds. The number of anilines is 1. The fraction of sp³-hybridized carbons (Fsp3) is 0.533. The number of nitrogens with one attached hydrogen (secondary N) is 1. The van der Waals surface area contributed by atoms with Gasteiger partial charge >= 0.3 is 0 Å². The van der Waals surface area contributed by atoms with Crippen LogP contribution in [0, 0.1) is 5.92 Å². The second kappa shape index (κ2) is 9.05. The van der Waals surface area contributed by atoms with Crippen molar-refractivity contribution in [2.75, 3.05) is 31.6 Å². The number of rotatable bonds is 6. The number of hydrogen-bond donors (Lipinski definition) is 2. The fourth-order valence-electron chi connectivity index (χ4n) is 2.12. The summed E-state index contributed by atoms with van der Waals surface area (Å²) >= 11 is 0. The Bertz CT molecular complexity index is 404. The Morgan fingerprint density at radius 3 is 2.65 bits per heavy atom. The summed E-state index contributed by atoms with van der Waals surface area (Å²) in [6.45, 7) is 2.60. The summed E-state index contributed by atoms with van der Waals surface area (Å²) in [4.78, 5) is 6.58. The van der Waals surface area contributed by atoms with Crippen molar-refractivity contribution in [3.63, 3.8) is 0 Å². The lowest BCUT2D eigenvalue weighted by Crippen LogP contribution is -2.38. The quantitative estimate of drug-likeness (QED) is 0.447. The molecule has 0 unspecified atom stereocenters. The van der Waals surface area contributed by atoms with E-state index in [4.69, 9.17) is 5.73 Å². The van der Waals surface area contributed by atoms with E-state index in [0.717, 1.165) is 25.6 Å². The van der Waals surface area contributed by atoms with Crippen LogP contribution < -0.4 is 16.0 Å². The maximum Gasteiger partial charge on any atom is 0.188 e. The lowest BCUT2D eigenvalue weighted by atomic mass is 9.86. The highest BCUT2D eigenvalue weighted by atomic mass is 127. The first-order valence-electron chi connectivity index (χ1n) is 7.05. The number of benzene rings is 1. The Labute approximate surface area is 138 Å². The van der Waals surface area contributed by atoms with Crippen molar-refractivity contribution in [2.45, 2.75) is 19.3 Å². The third-order valence-corrected chi connectivity index (χ3v) is 3.69. The van der Waals surface area contributed by atoms with Crippen molar-refractivity contribution in [2.24, 2.45) is 16.6 Å². The average Bonchev–Trinajstić information content (AvgIpc) is 2.38. The van der Waals surface area contributed by atoms with Crippen LogP contribution in [0.1, 0.15) is 19.3 Å². The molecule has 0 spiro atoms. The normalized spacial score (nSPS) is 15.2. The maximum absolute atomic E-state index is 5.85. The van der Waals surface area contributed by atoms with E-state index < -0.39 is 0 Å². The van der Waals surface area contributed by atoms with Gasteiger partial charge in [0, 0.05) is 32.4 Å². The standard InChI is InChI=1S/C15H24N4.HI/c1-19(14-8-3-2-4-9-14)11-10-17-15(16)18-12-13-6-5-7-13;/h2-4,8-9,13H,5-7,10-12H2,1H3,(H3,16,17,18);1H. The van der Waals surface area contributed by atoms with Crippen LogP contribution in [0.15, 0.2) is 35.3 Å². The minimum absolute atomic E-state index is 0. The molecule has 3 N–H and O–H groups in total. The van der Waals surface area contributed by atoms with Crippen molar-refractivity contribution in [1.82, 2.24) is 5.32 Å². The van der Waals surface area contributed by atoms with Gasteiger partial charge in [0.25, 0.3) is 0 Å². The smallest absolute Gasteiger partial charge is 0.188 e. The number of nitrogens with two attached hydrogens (primary N) is 1. The molecule has 1 fully saturated rings. The van der Waals surface area contributed by atoms with Crippen LogP contribution in [0.4, 0.5) is 5.69 Å². The molecule has 0 heterocycles. The van der Waals surface area contributed by atoms with Crippen LogP contribution >= 0.6 is 24.0 Å². The lowest BCUT2D eigenvalue weighted by Gasteiger charge is -2.23. The van der Waals surface area contributed by atoms with E-state index >= 15 is 0 Å². The van der Waals surface area contributed by atoms with Gasteiger partial charge in [0.05, 0.1) is 0 Å². The Morgan fingerprint density at radius 2 is 2.05 bits per heavy atom. The molecule has 0 aliphatic heterocycles. The molecule has 20 heavy (non-hydrogen) atoms. The molecule has 0 saturated heterocycles. The molecule has 1 aromatic rings. The zero-order chi connectivity index (χ0) is 13.5. The third kappa shape index (κ3) is 5.56. The minimum atomic E-state index is 0. The van der Waals surface area contributed by atoms with Gasteiger partial charge in [-0.15, -0.1) is 24.0 Å². The summed E-state index contributed by atoms with van der Waals surface area (Å²) in [5, 5.41) is 3.17. The summed E-state index contributed by atoms with van der Waals surface area (Å²) in [5.41, 5.74) is 7.06. The van der Waals surface area contributed by atoms with E-state index in [1.165, 1.54) is 24.9 Å².